The standard InChI is InChI=1S/C8H18N2O3S/c1-9-6-8-7-10(14(2,11)12)4-3-5-13-8/h8-9H,3-7H2,1-2H3. The molecule has 1 rings (SSSR count). The molecule has 1 atom stereocenters. The van der Waals surface area contributed by atoms with Gasteiger partial charge in [-0.15, -0.1) is 0 Å². The Balaban J connectivity index is 2.60. The van der Waals surface area contributed by atoms with Crippen LogP contribution >= 0.6 is 0 Å². The lowest BCUT2D eigenvalue weighted by atomic mass is 10.3. The molecule has 1 unspecified atom stereocenters. The summed E-state index contributed by atoms with van der Waals surface area (Å²) in [7, 11) is -1.24. The highest BCUT2D eigenvalue weighted by molar-refractivity contribution is 7.88. The van der Waals surface area contributed by atoms with E-state index in [1.807, 2.05) is 7.05 Å². The summed E-state index contributed by atoms with van der Waals surface area (Å²) in [6.07, 6.45) is 1.99. The number of nitrogens with one attached hydrogen (secondary N) is 1. The van der Waals surface area contributed by atoms with Gasteiger partial charge in [0.15, 0.2) is 0 Å². The highest BCUT2D eigenvalue weighted by Gasteiger charge is 2.23. The van der Waals surface area contributed by atoms with Crippen LogP contribution in [0.2, 0.25) is 0 Å². The maximum atomic E-state index is 11.3. The minimum Gasteiger partial charge on any atom is -0.375 e. The van der Waals surface area contributed by atoms with Crippen LogP contribution in [0.15, 0.2) is 0 Å². The molecule has 0 amide bonds. The van der Waals surface area contributed by atoms with E-state index >= 15 is 0 Å². The van der Waals surface area contributed by atoms with E-state index in [-0.39, 0.29) is 6.10 Å². The van der Waals surface area contributed by atoms with Gasteiger partial charge < -0.3 is 10.1 Å². The van der Waals surface area contributed by atoms with Gasteiger partial charge in [0.2, 0.25) is 10.0 Å². The molecule has 14 heavy (non-hydrogen) atoms. The van der Waals surface area contributed by atoms with Crippen molar-refractivity contribution in [3.63, 3.8) is 0 Å². The Morgan fingerprint density at radius 3 is 2.86 bits per heavy atom. The van der Waals surface area contributed by atoms with Crippen LogP contribution in [0.3, 0.4) is 0 Å². The molecule has 1 saturated heterocycles. The first-order chi connectivity index (χ1) is 6.54. The third-order valence-electron chi connectivity index (χ3n) is 2.21. The number of likely N-dealkylation sites (N-methyl/N-ethyl adjacent to an activating group) is 1. The molecule has 0 spiro atoms. The fourth-order valence-electron chi connectivity index (χ4n) is 1.51. The average molecular weight is 222 g/mol. The minimum atomic E-state index is -3.07. The molecule has 1 aliphatic rings. The van der Waals surface area contributed by atoms with Crippen LogP contribution in [-0.2, 0) is 14.8 Å². The highest BCUT2D eigenvalue weighted by Crippen LogP contribution is 2.08. The fourth-order valence-corrected chi connectivity index (χ4v) is 2.41. The van der Waals surface area contributed by atoms with Crippen LogP contribution in [0.4, 0.5) is 0 Å². The lowest BCUT2D eigenvalue weighted by molar-refractivity contribution is 0.0631. The van der Waals surface area contributed by atoms with Crippen LogP contribution in [0.1, 0.15) is 6.42 Å². The fraction of sp³-hybridized carbons (Fsp3) is 1.00. The van der Waals surface area contributed by atoms with E-state index in [0.717, 1.165) is 6.42 Å². The number of sulfonamides is 1. The van der Waals surface area contributed by atoms with E-state index in [2.05, 4.69) is 5.32 Å². The molecule has 0 aliphatic carbocycles. The maximum absolute atomic E-state index is 11.3. The third-order valence-corrected chi connectivity index (χ3v) is 3.48. The summed E-state index contributed by atoms with van der Waals surface area (Å²) >= 11 is 0. The van der Waals surface area contributed by atoms with E-state index in [9.17, 15) is 8.42 Å². The molecule has 84 valence electrons. The number of hydrogen-bond donors (Lipinski definition) is 1. The second-order valence-electron chi connectivity index (χ2n) is 3.53. The molecule has 6 heteroatoms. The lowest BCUT2D eigenvalue weighted by Crippen LogP contribution is -2.39. The summed E-state index contributed by atoms with van der Waals surface area (Å²) in [4.78, 5) is 0. The predicted molar refractivity (Wildman–Crippen MR) is 54.7 cm³/mol. The molecule has 0 radical (unpaired) electrons. The molecular weight excluding hydrogens is 204 g/mol. The second-order valence-corrected chi connectivity index (χ2v) is 5.51. The SMILES string of the molecule is CNCC1CN(S(C)(=O)=O)CCCO1. The average Bonchev–Trinajstić information content (AvgIpc) is 2.29. The Labute approximate surface area is 85.5 Å². The Kier molecular flexibility index (Phi) is 4.31. The molecule has 0 aromatic heterocycles. The number of rotatable bonds is 3. The van der Waals surface area contributed by atoms with Gasteiger partial charge in [-0.2, -0.15) is 4.31 Å². The summed E-state index contributed by atoms with van der Waals surface area (Å²) in [6.45, 7) is 2.35. The quantitative estimate of drug-likeness (QED) is 0.683. The van der Waals surface area contributed by atoms with Gasteiger partial charge in [-0.05, 0) is 13.5 Å². The molecule has 5 nitrogen and oxygen atoms in total. The number of hydrogen-bond acceptors (Lipinski definition) is 4. The van der Waals surface area contributed by atoms with Gasteiger partial charge in [-0.1, -0.05) is 0 Å². The van der Waals surface area contributed by atoms with Gasteiger partial charge in [0.25, 0.3) is 0 Å². The van der Waals surface area contributed by atoms with Gasteiger partial charge in [0.1, 0.15) is 0 Å². The molecule has 0 aromatic rings. The summed E-state index contributed by atoms with van der Waals surface area (Å²) in [5, 5.41) is 2.99. The largest absolute Gasteiger partial charge is 0.375 e. The predicted octanol–water partition coefficient (Wildman–Crippen LogP) is -0.744. The molecule has 1 aliphatic heterocycles. The van der Waals surface area contributed by atoms with Crippen molar-refractivity contribution < 1.29 is 13.2 Å². The van der Waals surface area contributed by atoms with E-state index in [4.69, 9.17) is 4.74 Å². The summed E-state index contributed by atoms with van der Waals surface area (Å²) < 4.78 is 29.7. The van der Waals surface area contributed by atoms with Crippen LogP contribution in [-0.4, -0.2) is 58.4 Å². The summed E-state index contributed by atoms with van der Waals surface area (Å²) in [6, 6.07) is 0. The molecular formula is C8H18N2O3S. The van der Waals surface area contributed by atoms with Crippen molar-refractivity contribution in [1.29, 1.82) is 0 Å². The summed E-state index contributed by atoms with van der Waals surface area (Å²) in [5.41, 5.74) is 0. The van der Waals surface area contributed by atoms with Gasteiger partial charge >= 0.3 is 0 Å². The van der Waals surface area contributed by atoms with Crippen molar-refractivity contribution in [2.45, 2.75) is 12.5 Å². The zero-order chi connectivity index (χ0) is 10.6. The molecule has 1 heterocycles. The molecule has 1 N–H and O–H groups in total. The minimum absolute atomic E-state index is 0.0303. The zero-order valence-electron chi connectivity index (χ0n) is 8.69. The molecule has 1 fully saturated rings. The van der Waals surface area contributed by atoms with Crippen LogP contribution < -0.4 is 5.32 Å². The first-order valence-corrected chi connectivity index (χ1v) is 6.60. The van der Waals surface area contributed by atoms with Crippen LogP contribution in [0, 0.1) is 0 Å². The van der Waals surface area contributed by atoms with Crippen molar-refractivity contribution in [1.82, 2.24) is 9.62 Å². The van der Waals surface area contributed by atoms with Gasteiger partial charge in [0.05, 0.1) is 12.4 Å². The highest BCUT2D eigenvalue weighted by atomic mass is 32.2. The first-order valence-electron chi connectivity index (χ1n) is 4.75. The molecule has 0 bridgehead atoms. The van der Waals surface area contributed by atoms with Crippen molar-refractivity contribution in [2.24, 2.45) is 0 Å². The van der Waals surface area contributed by atoms with Crippen LogP contribution in [0.25, 0.3) is 0 Å². The van der Waals surface area contributed by atoms with Gasteiger partial charge in [-0.25, -0.2) is 8.42 Å². The van der Waals surface area contributed by atoms with E-state index in [0.29, 0.717) is 26.2 Å². The van der Waals surface area contributed by atoms with Crippen molar-refractivity contribution in [2.75, 3.05) is 39.5 Å². The zero-order valence-corrected chi connectivity index (χ0v) is 9.51. The van der Waals surface area contributed by atoms with E-state index < -0.39 is 10.0 Å². The third kappa shape index (κ3) is 3.53. The van der Waals surface area contributed by atoms with Gasteiger partial charge in [-0.3, -0.25) is 0 Å². The monoisotopic (exact) mass is 222 g/mol. The van der Waals surface area contributed by atoms with Crippen molar-refractivity contribution in [3.8, 4) is 0 Å². The second kappa shape index (κ2) is 5.06. The van der Waals surface area contributed by atoms with E-state index in [1.54, 1.807) is 0 Å². The Bertz CT molecular complexity index is 266. The Morgan fingerprint density at radius 1 is 1.57 bits per heavy atom. The topological polar surface area (TPSA) is 58.6 Å². The van der Waals surface area contributed by atoms with Crippen molar-refractivity contribution in [3.05, 3.63) is 0 Å². The maximum Gasteiger partial charge on any atom is 0.211 e. The number of ether oxygens (including phenoxy) is 1. The van der Waals surface area contributed by atoms with Gasteiger partial charge in [0, 0.05) is 26.2 Å². The van der Waals surface area contributed by atoms with E-state index in [1.165, 1.54) is 10.6 Å². The first kappa shape index (κ1) is 11.9. The Hall–Kier alpha value is -0.170. The van der Waals surface area contributed by atoms with Crippen LogP contribution in [0.5, 0.6) is 0 Å². The smallest absolute Gasteiger partial charge is 0.211 e. The van der Waals surface area contributed by atoms with Crippen molar-refractivity contribution >= 4 is 10.0 Å². The molecule has 0 aromatic carbocycles. The number of nitrogens with zero attached hydrogens (tertiary/aromatic N) is 1. The normalized spacial score (nSPS) is 26.0. The Morgan fingerprint density at radius 2 is 2.29 bits per heavy atom. The summed E-state index contributed by atoms with van der Waals surface area (Å²) in [5.74, 6) is 0. The lowest BCUT2D eigenvalue weighted by Gasteiger charge is -2.21. The molecule has 0 saturated carbocycles.